The van der Waals surface area contributed by atoms with Crippen LogP contribution in [0.1, 0.15) is 38.7 Å². The molecule has 2 heteroatoms. The minimum absolute atomic E-state index is 0.610. The van der Waals surface area contributed by atoms with Crippen molar-refractivity contribution >= 4 is 17.3 Å². The lowest BCUT2D eigenvalue weighted by atomic mass is 9.80. The zero-order valence-corrected chi connectivity index (χ0v) is 11.7. The van der Waals surface area contributed by atoms with Crippen LogP contribution >= 0.6 is 11.6 Å². The summed E-state index contributed by atoms with van der Waals surface area (Å²) in [5.41, 5.74) is 2.48. The van der Waals surface area contributed by atoms with Crippen molar-refractivity contribution in [2.24, 2.45) is 11.8 Å². The highest BCUT2D eigenvalue weighted by Crippen LogP contribution is 2.31. The lowest BCUT2D eigenvalue weighted by Gasteiger charge is -2.34. The molecule has 0 aliphatic heterocycles. The van der Waals surface area contributed by atoms with Crippen LogP contribution in [0.2, 0.25) is 5.02 Å². The standard InChI is InChI=1S/C15H22ClN/c1-10-4-5-11(2)15(8-10)17-14-7-6-13(16)9-12(14)3/h6-7,9-11,15,17H,4-5,8H2,1-3H3. The summed E-state index contributed by atoms with van der Waals surface area (Å²) >= 11 is 5.98. The predicted octanol–water partition coefficient (Wildman–Crippen LogP) is 4.89. The normalized spacial score (nSPS) is 29.1. The minimum Gasteiger partial charge on any atom is -0.382 e. The smallest absolute Gasteiger partial charge is 0.0410 e. The van der Waals surface area contributed by atoms with Gasteiger partial charge in [0.15, 0.2) is 0 Å². The van der Waals surface area contributed by atoms with E-state index in [-0.39, 0.29) is 0 Å². The Morgan fingerprint density at radius 1 is 1.24 bits per heavy atom. The van der Waals surface area contributed by atoms with E-state index in [1.165, 1.54) is 30.5 Å². The lowest BCUT2D eigenvalue weighted by Crippen LogP contribution is -2.33. The van der Waals surface area contributed by atoms with Gasteiger partial charge in [0.05, 0.1) is 0 Å². The van der Waals surface area contributed by atoms with Gasteiger partial charge in [0.1, 0.15) is 0 Å². The van der Waals surface area contributed by atoms with E-state index in [4.69, 9.17) is 11.6 Å². The topological polar surface area (TPSA) is 12.0 Å². The van der Waals surface area contributed by atoms with Gasteiger partial charge < -0.3 is 5.32 Å². The van der Waals surface area contributed by atoms with E-state index in [1.807, 2.05) is 12.1 Å². The van der Waals surface area contributed by atoms with Crippen LogP contribution in [-0.4, -0.2) is 6.04 Å². The summed E-state index contributed by atoms with van der Waals surface area (Å²) in [5.74, 6) is 1.61. The molecule has 3 atom stereocenters. The number of anilines is 1. The molecule has 1 N–H and O–H groups in total. The molecular weight excluding hydrogens is 230 g/mol. The second-order valence-electron chi connectivity index (χ2n) is 5.61. The van der Waals surface area contributed by atoms with Crippen LogP contribution < -0.4 is 5.32 Å². The van der Waals surface area contributed by atoms with E-state index < -0.39 is 0 Å². The molecule has 0 heterocycles. The molecule has 1 fully saturated rings. The summed E-state index contributed by atoms with van der Waals surface area (Å²) in [7, 11) is 0. The summed E-state index contributed by atoms with van der Waals surface area (Å²) in [4.78, 5) is 0. The van der Waals surface area contributed by atoms with E-state index in [0.717, 1.165) is 16.9 Å². The van der Waals surface area contributed by atoms with Crippen molar-refractivity contribution in [1.29, 1.82) is 0 Å². The number of nitrogens with one attached hydrogen (secondary N) is 1. The third kappa shape index (κ3) is 3.16. The molecule has 3 unspecified atom stereocenters. The zero-order valence-electron chi connectivity index (χ0n) is 11.0. The number of rotatable bonds is 2. The zero-order chi connectivity index (χ0) is 12.4. The molecule has 17 heavy (non-hydrogen) atoms. The van der Waals surface area contributed by atoms with Crippen molar-refractivity contribution in [2.45, 2.75) is 46.1 Å². The third-order valence-electron chi connectivity index (χ3n) is 3.99. The Morgan fingerprint density at radius 3 is 2.71 bits per heavy atom. The Labute approximate surface area is 110 Å². The number of benzene rings is 1. The maximum atomic E-state index is 5.98. The molecule has 0 radical (unpaired) electrons. The van der Waals surface area contributed by atoms with Crippen LogP contribution in [0.3, 0.4) is 0 Å². The molecule has 1 aromatic carbocycles. The van der Waals surface area contributed by atoms with E-state index in [1.54, 1.807) is 0 Å². The largest absolute Gasteiger partial charge is 0.382 e. The van der Waals surface area contributed by atoms with Crippen molar-refractivity contribution in [3.8, 4) is 0 Å². The SMILES string of the molecule is Cc1cc(Cl)ccc1NC1CC(C)CCC1C. The molecule has 1 aliphatic carbocycles. The van der Waals surface area contributed by atoms with Crippen molar-refractivity contribution < 1.29 is 0 Å². The lowest BCUT2D eigenvalue weighted by molar-refractivity contribution is 0.280. The molecule has 94 valence electrons. The molecule has 2 rings (SSSR count). The van der Waals surface area contributed by atoms with Crippen molar-refractivity contribution in [1.82, 2.24) is 0 Å². The Morgan fingerprint density at radius 2 is 2.00 bits per heavy atom. The first-order chi connectivity index (χ1) is 8.06. The van der Waals surface area contributed by atoms with Crippen LogP contribution in [0.4, 0.5) is 5.69 Å². The fourth-order valence-corrected chi connectivity index (χ4v) is 2.95. The van der Waals surface area contributed by atoms with Gasteiger partial charge in [-0.25, -0.2) is 0 Å². The average Bonchev–Trinajstić information content (AvgIpc) is 2.27. The Balaban J connectivity index is 2.08. The van der Waals surface area contributed by atoms with Crippen LogP contribution in [0.25, 0.3) is 0 Å². The fourth-order valence-electron chi connectivity index (χ4n) is 2.72. The van der Waals surface area contributed by atoms with Gasteiger partial charge in [-0.1, -0.05) is 31.9 Å². The highest BCUT2D eigenvalue weighted by molar-refractivity contribution is 6.30. The first-order valence-electron chi connectivity index (χ1n) is 6.59. The van der Waals surface area contributed by atoms with Crippen LogP contribution in [0.15, 0.2) is 18.2 Å². The highest BCUT2D eigenvalue weighted by Gasteiger charge is 2.25. The predicted molar refractivity (Wildman–Crippen MR) is 75.8 cm³/mol. The molecule has 1 saturated carbocycles. The molecule has 0 bridgehead atoms. The minimum atomic E-state index is 0.610. The van der Waals surface area contributed by atoms with Crippen LogP contribution in [-0.2, 0) is 0 Å². The molecular formula is C15H22ClN. The van der Waals surface area contributed by atoms with Gasteiger partial charge in [0.2, 0.25) is 0 Å². The first-order valence-corrected chi connectivity index (χ1v) is 6.96. The molecule has 0 aromatic heterocycles. The third-order valence-corrected chi connectivity index (χ3v) is 4.22. The fraction of sp³-hybridized carbons (Fsp3) is 0.600. The molecule has 1 nitrogen and oxygen atoms in total. The van der Waals surface area contributed by atoms with E-state index in [0.29, 0.717) is 6.04 Å². The summed E-state index contributed by atoms with van der Waals surface area (Å²) in [6.45, 7) is 6.83. The van der Waals surface area contributed by atoms with Gasteiger partial charge in [-0.15, -0.1) is 0 Å². The molecule has 0 amide bonds. The maximum Gasteiger partial charge on any atom is 0.0410 e. The summed E-state index contributed by atoms with van der Waals surface area (Å²) in [6.07, 6.45) is 3.99. The van der Waals surface area contributed by atoms with Gasteiger partial charge in [-0.2, -0.15) is 0 Å². The monoisotopic (exact) mass is 251 g/mol. The second kappa shape index (κ2) is 5.30. The van der Waals surface area contributed by atoms with E-state index in [2.05, 4.69) is 32.2 Å². The van der Waals surface area contributed by atoms with Crippen LogP contribution in [0.5, 0.6) is 0 Å². The first kappa shape index (κ1) is 12.8. The van der Waals surface area contributed by atoms with Gasteiger partial charge >= 0.3 is 0 Å². The van der Waals surface area contributed by atoms with Crippen molar-refractivity contribution in [3.05, 3.63) is 28.8 Å². The second-order valence-corrected chi connectivity index (χ2v) is 6.04. The number of aryl methyl sites for hydroxylation is 1. The molecule has 0 spiro atoms. The Bertz CT molecular complexity index is 389. The number of hydrogen-bond donors (Lipinski definition) is 1. The molecule has 1 aromatic rings. The van der Waals surface area contributed by atoms with E-state index >= 15 is 0 Å². The number of halogens is 1. The van der Waals surface area contributed by atoms with Gasteiger partial charge in [0, 0.05) is 16.8 Å². The summed E-state index contributed by atoms with van der Waals surface area (Å²) in [5, 5.41) is 4.52. The van der Waals surface area contributed by atoms with Gasteiger partial charge in [0.25, 0.3) is 0 Å². The molecule has 1 aliphatic rings. The van der Waals surface area contributed by atoms with Crippen molar-refractivity contribution in [2.75, 3.05) is 5.32 Å². The average molecular weight is 252 g/mol. The Hall–Kier alpha value is -0.690. The number of hydrogen-bond acceptors (Lipinski definition) is 1. The quantitative estimate of drug-likeness (QED) is 0.790. The summed E-state index contributed by atoms with van der Waals surface area (Å²) < 4.78 is 0. The van der Waals surface area contributed by atoms with Gasteiger partial charge in [-0.05, 0) is 55.4 Å². The summed E-state index contributed by atoms with van der Waals surface area (Å²) in [6, 6.07) is 6.71. The highest BCUT2D eigenvalue weighted by atomic mass is 35.5. The van der Waals surface area contributed by atoms with Gasteiger partial charge in [-0.3, -0.25) is 0 Å². The maximum absolute atomic E-state index is 5.98. The van der Waals surface area contributed by atoms with Crippen molar-refractivity contribution in [3.63, 3.8) is 0 Å². The van der Waals surface area contributed by atoms with Crippen LogP contribution in [0, 0.1) is 18.8 Å². The molecule has 0 saturated heterocycles. The van der Waals surface area contributed by atoms with E-state index in [9.17, 15) is 0 Å². The Kier molecular flexibility index (Phi) is 3.98.